The van der Waals surface area contributed by atoms with Gasteiger partial charge in [0.2, 0.25) is 0 Å². The zero-order valence-electron chi connectivity index (χ0n) is 11.7. The summed E-state index contributed by atoms with van der Waals surface area (Å²) in [6, 6.07) is 6.88. The second-order valence-corrected chi connectivity index (χ2v) is 4.14. The van der Waals surface area contributed by atoms with E-state index in [1.807, 2.05) is 6.92 Å². The first kappa shape index (κ1) is 14.0. The number of hydrogen-bond acceptors (Lipinski definition) is 4. The van der Waals surface area contributed by atoms with Crippen LogP contribution in [0.5, 0.6) is 11.5 Å². The summed E-state index contributed by atoms with van der Waals surface area (Å²) >= 11 is 0. The summed E-state index contributed by atoms with van der Waals surface area (Å²) in [5, 5.41) is 2.79. The van der Waals surface area contributed by atoms with Crippen LogP contribution in [0, 0.1) is 6.92 Å². The SMILES string of the molecule is CCOc1ccc(NC(=O)c2ccoc2C)cc1OC. The molecule has 5 nitrogen and oxygen atoms in total. The molecule has 1 aromatic heterocycles. The van der Waals surface area contributed by atoms with Crippen LogP contribution in [-0.4, -0.2) is 19.6 Å². The van der Waals surface area contributed by atoms with Crippen molar-refractivity contribution in [1.29, 1.82) is 0 Å². The van der Waals surface area contributed by atoms with Gasteiger partial charge in [0.1, 0.15) is 5.76 Å². The minimum absolute atomic E-state index is 0.220. The van der Waals surface area contributed by atoms with E-state index < -0.39 is 0 Å². The van der Waals surface area contributed by atoms with Crippen molar-refractivity contribution in [1.82, 2.24) is 0 Å². The van der Waals surface area contributed by atoms with Crippen LogP contribution in [-0.2, 0) is 0 Å². The lowest BCUT2D eigenvalue weighted by molar-refractivity contribution is 0.102. The fraction of sp³-hybridized carbons (Fsp3) is 0.267. The molecule has 1 N–H and O–H groups in total. The molecule has 2 rings (SSSR count). The van der Waals surface area contributed by atoms with Gasteiger partial charge in [-0.25, -0.2) is 0 Å². The molecular formula is C15H17NO4. The Hall–Kier alpha value is -2.43. The number of hydrogen-bond donors (Lipinski definition) is 1. The minimum Gasteiger partial charge on any atom is -0.493 e. The lowest BCUT2D eigenvalue weighted by Gasteiger charge is -2.11. The summed E-state index contributed by atoms with van der Waals surface area (Å²) in [6.07, 6.45) is 1.49. The highest BCUT2D eigenvalue weighted by atomic mass is 16.5. The van der Waals surface area contributed by atoms with Crippen LogP contribution in [0.15, 0.2) is 34.9 Å². The quantitative estimate of drug-likeness (QED) is 0.910. The lowest BCUT2D eigenvalue weighted by atomic mass is 10.2. The van der Waals surface area contributed by atoms with Crippen molar-refractivity contribution in [3.8, 4) is 11.5 Å². The number of methoxy groups -OCH3 is 1. The number of ether oxygens (including phenoxy) is 2. The van der Waals surface area contributed by atoms with E-state index >= 15 is 0 Å². The van der Waals surface area contributed by atoms with E-state index in [0.717, 1.165) is 0 Å². The van der Waals surface area contributed by atoms with E-state index in [9.17, 15) is 4.79 Å². The van der Waals surface area contributed by atoms with Crippen molar-refractivity contribution < 1.29 is 18.7 Å². The van der Waals surface area contributed by atoms with Crippen molar-refractivity contribution in [2.24, 2.45) is 0 Å². The molecule has 0 bridgehead atoms. The average Bonchev–Trinajstić information content (AvgIpc) is 2.87. The van der Waals surface area contributed by atoms with Gasteiger partial charge in [0.25, 0.3) is 5.91 Å². The second-order valence-electron chi connectivity index (χ2n) is 4.14. The van der Waals surface area contributed by atoms with Crippen molar-refractivity contribution >= 4 is 11.6 Å². The molecule has 0 radical (unpaired) electrons. The molecule has 0 fully saturated rings. The highest BCUT2D eigenvalue weighted by Gasteiger charge is 2.13. The largest absolute Gasteiger partial charge is 0.493 e. The Labute approximate surface area is 117 Å². The highest BCUT2D eigenvalue weighted by Crippen LogP contribution is 2.30. The summed E-state index contributed by atoms with van der Waals surface area (Å²) in [5.74, 6) is 1.59. The molecular weight excluding hydrogens is 258 g/mol. The van der Waals surface area contributed by atoms with E-state index in [1.54, 1.807) is 38.3 Å². The first-order valence-electron chi connectivity index (χ1n) is 6.32. The van der Waals surface area contributed by atoms with Crippen LogP contribution < -0.4 is 14.8 Å². The molecule has 2 aromatic rings. The van der Waals surface area contributed by atoms with Crippen LogP contribution in [0.4, 0.5) is 5.69 Å². The number of carbonyl (C=O) groups excluding carboxylic acids is 1. The Balaban J connectivity index is 2.18. The Morgan fingerprint density at radius 2 is 2.10 bits per heavy atom. The predicted octanol–water partition coefficient (Wildman–Crippen LogP) is 3.25. The summed E-state index contributed by atoms with van der Waals surface area (Å²) in [6.45, 7) is 4.20. The zero-order valence-corrected chi connectivity index (χ0v) is 11.7. The summed E-state index contributed by atoms with van der Waals surface area (Å²) < 4.78 is 15.8. The van der Waals surface area contributed by atoms with Crippen LogP contribution in [0.1, 0.15) is 23.0 Å². The number of carbonyl (C=O) groups is 1. The third kappa shape index (κ3) is 2.93. The molecule has 1 aromatic carbocycles. The van der Waals surface area contributed by atoms with Crippen molar-refractivity contribution in [2.75, 3.05) is 19.0 Å². The second kappa shape index (κ2) is 6.14. The van der Waals surface area contributed by atoms with Gasteiger partial charge in [0.05, 0.1) is 25.5 Å². The van der Waals surface area contributed by atoms with E-state index in [2.05, 4.69) is 5.32 Å². The molecule has 20 heavy (non-hydrogen) atoms. The third-order valence-corrected chi connectivity index (χ3v) is 2.82. The molecule has 0 aliphatic carbocycles. The predicted molar refractivity (Wildman–Crippen MR) is 75.6 cm³/mol. The molecule has 0 saturated carbocycles. The summed E-state index contributed by atoms with van der Waals surface area (Å²) in [5.41, 5.74) is 1.15. The Morgan fingerprint density at radius 1 is 1.30 bits per heavy atom. The molecule has 0 saturated heterocycles. The number of amides is 1. The van der Waals surface area contributed by atoms with E-state index in [1.165, 1.54) is 6.26 Å². The highest BCUT2D eigenvalue weighted by molar-refractivity contribution is 6.05. The van der Waals surface area contributed by atoms with Gasteiger partial charge < -0.3 is 19.2 Å². The molecule has 0 atom stereocenters. The topological polar surface area (TPSA) is 60.7 Å². The number of furan rings is 1. The van der Waals surface area contributed by atoms with Crippen LogP contribution in [0.25, 0.3) is 0 Å². The van der Waals surface area contributed by atoms with Gasteiger partial charge in [-0.2, -0.15) is 0 Å². The number of benzene rings is 1. The van der Waals surface area contributed by atoms with Crippen LogP contribution in [0.3, 0.4) is 0 Å². The van der Waals surface area contributed by atoms with Gasteiger partial charge in [0, 0.05) is 11.8 Å². The number of anilines is 1. The lowest BCUT2D eigenvalue weighted by Crippen LogP contribution is -2.12. The Morgan fingerprint density at radius 3 is 2.70 bits per heavy atom. The first-order chi connectivity index (χ1) is 9.65. The zero-order chi connectivity index (χ0) is 14.5. The van der Waals surface area contributed by atoms with E-state index in [-0.39, 0.29) is 5.91 Å². The normalized spacial score (nSPS) is 10.2. The standard InChI is InChI=1S/C15H17NO4/c1-4-19-13-6-5-11(9-14(13)18-3)16-15(17)12-7-8-20-10(12)2/h5-9H,4H2,1-3H3,(H,16,17). The summed E-state index contributed by atoms with van der Waals surface area (Å²) in [7, 11) is 1.56. The average molecular weight is 275 g/mol. The fourth-order valence-electron chi connectivity index (χ4n) is 1.84. The maximum absolute atomic E-state index is 12.1. The molecule has 1 amide bonds. The van der Waals surface area contributed by atoms with Gasteiger partial charge in [-0.15, -0.1) is 0 Å². The minimum atomic E-state index is -0.220. The van der Waals surface area contributed by atoms with Crippen LogP contribution >= 0.6 is 0 Å². The monoisotopic (exact) mass is 275 g/mol. The van der Waals surface area contributed by atoms with E-state index in [4.69, 9.17) is 13.9 Å². The van der Waals surface area contributed by atoms with E-state index in [0.29, 0.717) is 35.1 Å². The van der Waals surface area contributed by atoms with Crippen LogP contribution in [0.2, 0.25) is 0 Å². The fourth-order valence-corrected chi connectivity index (χ4v) is 1.84. The van der Waals surface area contributed by atoms with Gasteiger partial charge >= 0.3 is 0 Å². The van der Waals surface area contributed by atoms with Crippen molar-refractivity contribution in [3.63, 3.8) is 0 Å². The number of rotatable bonds is 5. The molecule has 0 unspecified atom stereocenters. The maximum Gasteiger partial charge on any atom is 0.259 e. The Kier molecular flexibility index (Phi) is 4.30. The third-order valence-electron chi connectivity index (χ3n) is 2.82. The summed E-state index contributed by atoms with van der Waals surface area (Å²) in [4.78, 5) is 12.1. The molecule has 106 valence electrons. The Bertz CT molecular complexity index is 604. The molecule has 0 spiro atoms. The van der Waals surface area contributed by atoms with Gasteiger partial charge in [-0.1, -0.05) is 0 Å². The van der Waals surface area contributed by atoms with Gasteiger partial charge in [-0.3, -0.25) is 4.79 Å². The van der Waals surface area contributed by atoms with Crippen molar-refractivity contribution in [3.05, 3.63) is 41.9 Å². The molecule has 5 heteroatoms. The number of nitrogens with one attached hydrogen (secondary N) is 1. The van der Waals surface area contributed by atoms with Gasteiger partial charge in [0.15, 0.2) is 11.5 Å². The maximum atomic E-state index is 12.1. The van der Waals surface area contributed by atoms with Gasteiger partial charge in [-0.05, 0) is 32.0 Å². The molecule has 1 heterocycles. The first-order valence-corrected chi connectivity index (χ1v) is 6.32. The smallest absolute Gasteiger partial charge is 0.259 e. The molecule has 0 aliphatic rings. The molecule has 0 aliphatic heterocycles. The number of aryl methyl sites for hydroxylation is 1. The van der Waals surface area contributed by atoms with Crippen molar-refractivity contribution in [2.45, 2.75) is 13.8 Å².